The molecule has 2 aromatic rings. The Balaban J connectivity index is 1.81. The van der Waals surface area contributed by atoms with Crippen LogP contribution in [0.1, 0.15) is 66.7 Å². The van der Waals surface area contributed by atoms with E-state index in [9.17, 15) is 22.8 Å². The van der Waals surface area contributed by atoms with Gasteiger partial charge in [0.1, 0.15) is 5.69 Å². The summed E-state index contributed by atoms with van der Waals surface area (Å²) >= 11 is 0. The quantitative estimate of drug-likeness (QED) is 0.781. The minimum absolute atomic E-state index is 0.0928. The van der Waals surface area contributed by atoms with Crippen molar-refractivity contribution in [1.82, 2.24) is 20.0 Å². The lowest BCUT2D eigenvalue weighted by Crippen LogP contribution is -2.56. The molecule has 2 fully saturated rings. The minimum atomic E-state index is -4.48. The highest BCUT2D eigenvalue weighted by molar-refractivity contribution is 5.93. The number of benzene rings is 1. The van der Waals surface area contributed by atoms with E-state index in [0.29, 0.717) is 36.9 Å². The van der Waals surface area contributed by atoms with Crippen LogP contribution in [0.4, 0.5) is 13.2 Å². The summed E-state index contributed by atoms with van der Waals surface area (Å²) in [4.78, 5) is 27.7. The van der Waals surface area contributed by atoms with Gasteiger partial charge < -0.3 is 10.2 Å². The molecule has 6 nitrogen and oxygen atoms in total. The zero-order valence-electron chi connectivity index (χ0n) is 17.4. The molecule has 4 rings (SSSR count). The number of carbonyl (C=O) groups is 2. The van der Waals surface area contributed by atoms with Gasteiger partial charge >= 0.3 is 6.18 Å². The Labute approximate surface area is 178 Å². The number of nitrogens with one attached hydrogen (secondary N) is 1. The van der Waals surface area contributed by atoms with Crippen molar-refractivity contribution in [3.63, 3.8) is 0 Å². The second kappa shape index (κ2) is 7.69. The number of aryl methyl sites for hydroxylation is 1. The first kappa shape index (κ1) is 21.4. The molecule has 166 valence electrons. The predicted octanol–water partition coefficient (Wildman–Crippen LogP) is 3.84. The van der Waals surface area contributed by atoms with Crippen LogP contribution in [-0.2, 0) is 18.0 Å². The highest BCUT2D eigenvalue weighted by Gasteiger charge is 2.53. The van der Waals surface area contributed by atoms with E-state index >= 15 is 0 Å². The van der Waals surface area contributed by atoms with Gasteiger partial charge in [-0.3, -0.25) is 14.3 Å². The minimum Gasteiger partial charge on any atom is -0.349 e. The molecule has 3 heterocycles. The van der Waals surface area contributed by atoms with Gasteiger partial charge in [0.15, 0.2) is 0 Å². The maximum Gasteiger partial charge on any atom is 0.416 e. The zero-order valence-corrected chi connectivity index (χ0v) is 17.4. The second-order valence-electron chi connectivity index (χ2n) is 8.62. The van der Waals surface area contributed by atoms with E-state index in [2.05, 4.69) is 10.4 Å². The molecule has 1 N–H and O–H groups in total. The summed E-state index contributed by atoms with van der Waals surface area (Å²) in [6.07, 6.45) is -0.0814. The van der Waals surface area contributed by atoms with Gasteiger partial charge in [-0.1, -0.05) is 18.6 Å². The van der Waals surface area contributed by atoms with E-state index < -0.39 is 23.3 Å². The van der Waals surface area contributed by atoms with Crippen LogP contribution in [-0.4, -0.2) is 38.1 Å². The SMILES string of the molecule is Cn1nccc1C(=O)N1[C@H]2CCCCC(=O)N[C@@]2(C)C[C@H]1c1cccc(C(F)(F)F)c1. The second-order valence-corrected chi connectivity index (χ2v) is 8.62. The maximum absolute atomic E-state index is 13.6. The molecule has 0 spiro atoms. The van der Waals surface area contributed by atoms with Gasteiger partial charge in [0.05, 0.1) is 23.2 Å². The number of carbonyl (C=O) groups excluding carboxylic acids is 2. The molecule has 3 atom stereocenters. The van der Waals surface area contributed by atoms with Crippen LogP contribution in [0, 0.1) is 0 Å². The molecule has 2 aliphatic heterocycles. The molecule has 9 heteroatoms. The molecule has 0 saturated carbocycles. The zero-order chi connectivity index (χ0) is 22.4. The number of alkyl halides is 3. The van der Waals surface area contributed by atoms with Gasteiger partial charge in [0, 0.05) is 19.7 Å². The predicted molar refractivity (Wildman–Crippen MR) is 107 cm³/mol. The molecule has 2 aliphatic rings. The first-order valence-corrected chi connectivity index (χ1v) is 10.4. The molecular weight excluding hydrogens is 409 g/mol. The third-order valence-corrected chi connectivity index (χ3v) is 6.45. The van der Waals surface area contributed by atoms with Crippen LogP contribution in [0.3, 0.4) is 0 Å². The molecule has 31 heavy (non-hydrogen) atoms. The summed E-state index contributed by atoms with van der Waals surface area (Å²) in [6, 6.07) is 5.79. The van der Waals surface area contributed by atoms with Crippen molar-refractivity contribution in [3.8, 4) is 0 Å². The summed E-state index contributed by atoms with van der Waals surface area (Å²) in [7, 11) is 1.65. The van der Waals surface area contributed by atoms with E-state index in [1.807, 2.05) is 6.92 Å². The van der Waals surface area contributed by atoms with Gasteiger partial charge in [-0.05, 0) is 49.9 Å². The van der Waals surface area contributed by atoms with Crippen LogP contribution in [0.2, 0.25) is 0 Å². The number of likely N-dealkylation sites (tertiary alicyclic amines) is 1. The third kappa shape index (κ3) is 3.93. The Morgan fingerprint density at radius 3 is 2.71 bits per heavy atom. The Morgan fingerprint density at radius 2 is 2.03 bits per heavy atom. The topological polar surface area (TPSA) is 67.2 Å². The third-order valence-electron chi connectivity index (χ3n) is 6.45. The molecule has 0 bridgehead atoms. The summed E-state index contributed by atoms with van der Waals surface area (Å²) in [5, 5.41) is 7.14. The Kier molecular flexibility index (Phi) is 5.31. The number of aromatic nitrogens is 2. The van der Waals surface area contributed by atoms with Crippen LogP contribution < -0.4 is 5.32 Å². The molecule has 2 saturated heterocycles. The van der Waals surface area contributed by atoms with E-state index in [4.69, 9.17) is 0 Å². The smallest absolute Gasteiger partial charge is 0.349 e. The van der Waals surface area contributed by atoms with Crippen molar-refractivity contribution >= 4 is 11.8 Å². The van der Waals surface area contributed by atoms with E-state index in [1.165, 1.54) is 16.9 Å². The molecule has 2 amide bonds. The Morgan fingerprint density at radius 1 is 1.26 bits per heavy atom. The van der Waals surface area contributed by atoms with E-state index in [1.54, 1.807) is 24.1 Å². The van der Waals surface area contributed by atoms with Crippen molar-refractivity contribution in [2.45, 2.75) is 62.8 Å². The fourth-order valence-corrected chi connectivity index (χ4v) is 4.96. The standard InChI is InChI=1S/C22H25F3N4O2/c1-21-13-17(14-6-5-7-15(12-14)22(23,24)25)29(20(31)16-10-11-26-28(16)2)18(21)8-3-4-9-19(30)27-21/h5-7,10-12,17-18H,3-4,8-9,13H2,1-2H3,(H,27,30)/t17-,18-,21-/m0/s1. The summed E-state index contributed by atoms with van der Waals surface area (Å²) in [6.45, 7) is 1.89. The van der Waals surface area contributed by atoms with Crippen molar-refractivity contribution in [3.05, 3.63) is 53.3 Å². The number of amides is 2. The molecule has 1 aromatic carbocycles. The first-order valence-electron chi connectivity index (χ1n) is 10.4. The van der Waals surface area contributed by atoms with Crippen LogP contribution in [0.15, 0.2) is 36.5 Å². The molecule has 0 unspecified atom stereocenters. The Hall–Kier alpha value is -2.84. The van der Waals surface area contributed by atoms with Crippen LogP contribution in [0.5, 0.6) is 0 Å². The Bertz CT molecular complexity index is 1000. The number of fused-ring (bicyclic) bond motifs is 1. The van der Waals surface area contributed by atoms with Crippen molar-refractivity contribution in [1.29, 1.82) is 0 Å². The number of nitrogens with zero attached hydrogens (tertiary/aromatic N) is 3. The normalized spacial score (nSPS) is 26.7. The van der Waals surface area contributed by atoms with E-state index in [0.717, 1.165) is 18.6 Å². The number of halogens is 3. The average Bonchev–Trinajstić information content (AvgIpc) is 3.24. The van der Waals surface area contributed by atoms with Crippen LogP contribution in [0.25, 0.3) is 0 Å². The molecular formula is C22H25F3N4O2. The average molecular weight is 434 g/mol. The fourth-order valence-electron chi connectivity index (χ4n) is 4.96. The number of hydrogen-bond donors (Lipinski definition) is 1. The summed E-state index contributed by atoms with van der Waals surface area (Å²) in [5.41, 5.74) is -0.719. The number of hydrogen-bond acceptors (Lipinski definition) is 3. The lowest BCUT2D eigenvalue weighted by Gasteiger charge is -2.38. The maximum atomic E-state index is 13.6. The van der Waals surface area contributed by atoms with Crippen LogP contribution >= 0.6 is 0 Å². The van der Waals surface area contributed by atoms with Crippen molar-refractivity contribution in [2.75, 3.05) is 0 Å². The number of rotatable bonds is 2. The van der Waals surface area contributed by atoms with Gasteiger partial charge in [-0.2, -0.15) is 18.3 Å². The summed E-state index contributed by atoms with van der Waals surface area (Å²) < 4.78 is 41.6. The highest BCUT2D eigenvalue weighted by atomic mass is 19.4. The first-order chi connectivity index (χ1) is 14.6. The van der Waals surface area contributed by atoms with Crippen molar-refractivity contribution in [2.24, 2.45) is 7.05 Å². The van der Waals surface area contributed by atoms with Gasteiger partial charge in [-0.15, -0.1) is 0 Å². The lowest BCUT2D eigenvalue weighted by molar-refractivity contribution is -0.137. The summed E-state index contributed by atoms with van der Waals surface area (Å²) in [5.74, 6) is -0.393. The lowest BCUT2D eigenvalue weighted by atomic mass is 9.85. The molecule has 0 radical (unpaired) electrons. The monoisotopic (exact) mass is 434 g/mol. The fraction of sp³-hybridized carbons (Fsp3) is 0.500. The largest absolute Gasteiger partial charge is 0.416 e. The van der Waals surface area contributed by atoms with Gasteiger partial charge in [-0.25, -0.2) is 0 Å². The highest BCUT2D eigenvalue weighted by Crippen LogP contribution is 2.46. The van der Waals surface area contributed by atoms with E-state index in [-0.39, 0.29) is 17.9 Å². The molecule has 0 aliphatic carbocycles. The van der Waals surface area contributed by atoms with Crippen molar-refractivity contribution < 1.29 is 22.8 Å². The van der Waals surface area contributed by atoms with Gasteiger partial charge in [0.2, 0.25) is 5.91 Å². The molecule has 1 aromatic heterocycles. The van der Waals surface area contributed by atoms with Gasteiger partial charge in [0.25, 0.3) is 5.91 Å².